The van der Waals surface area contributed by atoms with Gasteiger partial charge in [-0.15, -0.1) is 6.58 Å². The van der Waals surface area contributed by atoms with Gasteiger partial charge in [0.15, 0.2) is 55.5 Å². The van der Waals surface area contributed by atoms with E-state index in [-0.39, 0.29) is 6.61 Å². The molecule has 0 aromatic heterocycles. The van der Waals surface area contributed by atoms with Crippen LogP contribution in [0.25, 0.3) is 0 Å². The van der Waals surface area contributed by atoms with Crippen molar-refractivity contribution >= 4 is 59.6 Å². The van der Waals surface area contributed by atoms with Crippen LogP contribution in [0.15, 0.2) is 12.7 Å². The lowest BCUT2D eigenvalue weighted by atomic mass is 9.94. The van der Waals surface area contributed by atoms with Gasteiger partial charge in [-0.1, -0.05) is 6.08 Å². The highest BCUT2D eigenvalue weighted by molar-refractivity contribution is 5.74. The number of esters is 8. The van der Waals surface area contributed by atoms with Gasteiger partial charge in [-0.25, -0.2) is 0 Å². The first kappa shape index (κ1) is 55.5. The second-order valence-corrected chi connectivity index (χ2v) is 15.2. The maximum absolute atomic E-state index is 12.8. The van der Waals surface area contributed by atoms with Crippen LogP contribution in [-0.2, 0) is 114 Å². The molecule has 26 nitrogen and oxygen atoms in total. The van der Waals surface area contributed by atoms with E-state index in [1.807, 2.05) is 0 Å². The van der Waals surface area contributed by atoms with Crippen molar-refractivity contribution in [3.63, 3.8) is 0 Å². The fourth-order valence-corrected chi connectivity index (χ4v) is 7.30. The Balaban J connectivity index is 2.24. The number of rotatable bonds is 20. The van der Waals surface area contributed by atoms with Crippen LogP contribution in [0.5, 0.6) is 0 Å². The van der Waals surface area contributed by atoms with Gasteiger partial charge in [0.25, 0.3) is 0 Å². The molecule has 3 rings (SSSR count). The molecule has 0 aromatic rings. The molecule has 0 radical (unpaired) electrons. The minimum absolute atomic E-state index is 0.146. The Kier molecular flexibility index (Phi) is 21.5. The van der Waals surface area contributed by atoms with E-state index >= 15 is 0 Å². The van der Waals surface area contributed by atoms with Gasteiger partial charge in [-0.2, -0.15) is 0 Å². The van der Waals surface area contributed by atoms with Gasteiger partial charge >= 0.3 is 47.8 Å². The smallest absolute Gasteiger partial charge is 0.303 e. The van der Waals surface area contributed by atoms with Crippen molar-refractivity contribution in [3.8, 4) is 0 Å². The lowest BCUT2D eigenvalue weighted by Crippen LogP contribution is -2.69. The van der Waals surface area contributed by atoms with Crippen LogP contribution in [0, 0.1) is 0 Å². The summed E-state index contributed by atoms with van der Waals surface area (Å²) in [6.45, 7) is 12.0. The van der Waals surface area contributed by atoms with Gasteiger partial charge in [0, 0.05) is 69.2 Å². The molecule has 3 fully saturated rings. The SMILES string of the molecule is C=CCO[C@H]1O[C@H](COC(C)=O)[C@@H](O[C@@H]2O[C@H](CO[C@@H]3O[C@H](COC(C)=O)[C@H](OC(C)=O)[C@H](OC(C)=O)[C@H]3NC(C)=O)[C@H](OC(C)=O)[C@H](OC(C)=O)[C@H]2OC(C)=O)[C@H](OC(C)=O)[C@H]1NC(C)=O. The van der Waals surface area contributed by atoms with Crippen molar-refractivity contribution in [2.75, 3.05) is 26.4 Å². The second-order valence-electron chi connectivity index (χ2n) is 15.2. The summed E-state index contributed by atoms with van der Waals surface area (Å²) in [5.74, 6) is -8.56. The third-order valence-corrected chi connectivity index (χ3v) is 9.43. The lowest BCUT2D eigenvalue weighted by Gasteiger charge is -2.49. The number of amides is 2. The fourth-order valence-electron chi connectivity index (χ4n) is 7.30. The van der Waals surface area contributed by atoms with Crippen molar-refractivity contribution in [3.05, 3.63) is 12.7 Å². The number of carbonyl (C=O) groups is 10. The van der Waals surface area contributed by atoms with Crippen LogP contribution in [0.1, 0.15) is 69.2 Å². The summed E-state index contributed by atoms with van der Waals surface area (Å²) in [4.78, 5) is 125. The quantitative estimate of drug-likeness (QED) is 0.0796. The van der Waals surface area contributed by atoms with Crippen LogP contribution < -0.4 is 10.6 Å². The van der Waals surface area contributed by atoms with E-state index in [0.29, 0.717) is 0 Å². The molecule has 2 N–H and O–H groups in total. The molecular formula is C41H58N2O24. The monoisotopic (exact) mass is 962 g/mol. The van der Waals surface area contributed by atoms with Crippen molar-refractivity contribution in [2.24, 2.45) is 0 Å². The first-order chi connectivity index (χ1) is 31.4. The van der Waals surface area contributed by atoms with Crippen molar-refractivity contribution < 1.29 is 114 Å². The minimum Gasteiger partial charge on any atom is -0.463 e. The maximum atomic E-state index is 12.8. The van der Waals surface area contributed by atoms with E-state index in [4.69, 9.17) is 66.3 Å². The lowest BCUT2D eigenvalue weighted by molar-refractivity contribution is -0.355. The Morgan fingerprint density at radius 2 is 0.761 bits per heavy atom. The van der Waals surface area contributed by atoms with E-state index in [9.17, 15) is 47.9 Å². The van der Waals surface area contributed by atoms with E-state index in [1.165, 1.54) is 6.08 Å². The average molecular weight is 963 g/mol. The highest BCUT2D eigenvalue weighted by atomic mass is 16.8. The Hall–Kier alpha value is -5.80. The zero-order valence-electron chi connectivity index (χ0n) is 38.6. The van der Waals surface area contributed by atoms with Gasteiger partial charge in [0.2, 0.25) is 11.8 Å². The Bertz CT molecular complexity index is 1820. The van der Waals surface area contributed by atoms with Gasteiger partial charge in [0.05, 0.1) is 13.2 Å². The minimum atomic E-state index is -1.96. The Morgan fingerprint density at radius 3 is 1.18 bits per heavy atom. The molecule has 26 heteroatoms. The summed E-state index contributed by atoms with van der Waals surface area (Å²) in [5, 5.41) is 5.13. The zero-order valence-corrected chi connectivity index (χ0v) is 38.6. The second kappa shape index (κ2) is 25.9. The van der Waals surface area contributed by atoms with E-state index in [2.05, 4.69) is 17.2 Å². The third-order valence-electron chi connectivity index (χ3n) is 9.43. The number of ether oxygens (including phenoxy) is 14. The standard InChI is InChI=1S/C41H58N2O24/c1-12-13-54-39-30(42-17(2)44)36(61-24(9)51)33(28(64-39)15-56-20(5)47)67-41-38(63-26(11)53)37(62-25(10)52)34(59-22(7)49)29(66-41)16-57-40-31(43-18(3)45)35(60-23(8)50)32(58-21(6)48)27(65-40)14-55-19(4)46/h12,27-41H,1,13-16H2,2-11H3,(H,42,44)(H,43,45)/t27-,28-,29-,30-,31-,32+,33-,34+,35-,36-,37+,38-,39+,40-,41+/m1/s1. The first-order valence-corrected chi connectivity index (χ1v) is 20.7. The topological polar surface area (TPSA) is 324 Å². The van der Waals surface area contributed by atoms with E-state index in [1.54, 1.807) is 0 Å². The van der Waals surface area contributed by atoms with Crippen molar-refractivity contribution in [2.45, 2.75) is 161 Å². The molecule has 2 amide bonds. The molecule has 3 aliphatic heterocycles. The molecule has 0 bridgehead atoms. The summed E-state index contributed by atoms with van der Waals surface area (Å²) >= 11 is 0. The number of nitrogens with one attached hydrogen (secondary N) is 2. The molecule has 3 saturated heterocycles. The zero-order chi connectivity index (χ0) is 50.3. The maximum Gasteiger partial charge on any atom is 0.303 e. The van der Waals surface area contributed by atoms with E-state index < -0.39 is 171 Å². The van der Waals surface area contributed by atoms with Crippen LogP contribution in [0.3, 0.4) is 0 Å². The first-order valence-electron chi connectivity index (χ1n) is 20.7. The normalized spacial score (nSPS) is 31.3. The van der Waals surface area contributed by atoms with Gasteiger partial charge < -0.3 is 76.9 Å². The van der Waals surface area contributed by atoms with Gasteiger partial charge in [0.1, 0.15) is 49.7 Å². The Labute approximate surface area is 384 Å². The van der Waals surface area contributed by atoms with Crippen molar-refractivity contribution in [1.29, 1.82) is 0 Å². The van der Waals surface area contributed by atoms with Gasteiger partial charge in [-0.3, -0.25) is 47.9 Å². The largest absolute Gasteiger partial charge is 0.463 e. The summed E-state index contributed by atoms with van der Waals surface area (Å²) < 4.78 is 80.9. The molecule has 0 saturated carbocycles. The molecule has 0 unspecified atom stereocenters. The number of carbonyl (C=O) groups excluding carboxylic acids is 10. The summed E-state index contributed by atoms with van der Waals surface area (Å²) in [6, 6.07) is -2.85. The average Bonchev–Trinajstić information content (AvgIpc) is 3.19. The molecule has 376 valence electrons. The van der Waals surface area contributed by atoms with Crippen LogP contribution in [-0.4, -0.2) is 178 Å². The Morgan fingerprint density at radius 1 is 0.418 bits per heavy atom. The predicted octanol–water partition coefficient (Wildman–Crippen LogP) is -1.51. The van der Waals surface area contributed by atoms with Gasteiger partial charge in [-0.05, 0) is 0 Å². The fraction of sp³-hybridized carbons (Fsp3) is 0.707. The highest BCUT2D eigenvalue weighted by Crippen LogP contribution is 2.36. The molecule has 15 atom stereocenters. The molecule has 0 spiro atoms. The molecule has 0 aliphatic carbocycles. The number of hydrogen-bond acceptors (Lipinski definition) is 24. The van der Waals surface area contributed by atoms with E-state index in [0.717, 1.165) is 69.2 Å². The van der Waals surface area contributed by atoms with Crippen molar-refractivity contribution in [1.82, 2.24) is 10.6 Å². The number of hydrogen-bond donors (Lipinski definition) is 2. The van der Waals surface area contributed by atoms with Crippen LogP contribution >= 0.6 is 0 Å². The third kappa shape index (κ3) is 17.1. The molecule has 67 heavy (non-hydrogen) atoms. The molecule has 0 aromatic carbocycles. The summed E-state index contributed by atoms with van der Waals surface area (Å²) in [7, 11) is 0. The highest BCUT2D eigenvalue weighted by Gasteiger charge is 2.58. The molecular weight excluding hydrogens is 904 g/mol. The summed E-state index contributed by atoms with van der Waals surface area (Å²) in [6.07, 6.45) is -19.9. The van der Waals surface area contributed by atoms with Crippen LogP contribution in [0.2, 0.25) is 0 Å². The predicted molar refractivity (Wildman–Crippen MR) is 215 cm³/mol. The molecule has 3 heterocycles. The van der Waals surface area contributed by atoms with Crippen LogP contribution in [0.4, 0.5) is 0 Å². The summed E-state index contributed by atoms with van der Waals surface area (Å²) in [5.41, 5.74) is 0. The molecule has 3 aliphatic rings.